The molecule has 0 radical (unpaired) electrons. The van der Waals surface area contributed by atoms with Crippen LogP contribution in [0.1, 0.15) is 120 Å². The van der Waals surface area contributed by atoms with Crippen LogP contribution in [0.25, 0.3) is 45.4 Å². The quantitative estimate of drug-likeness (QED) is 0.166. The summed E-state index contributed by atoms with van der Waals surface area (Å²) in [4.78, 5) is 2.56. The summed E-state index contributed by atoms with van der Waals surface area (Å²) in [5, 5.41) is 2.25. The van der Waals surface area contributed by atoms with Gasteiger partial charge >= 0.3 is 0 Å². The fourth-order valence-corrected chi connectivity index (χ4v) is 11.5. The maximum absolute atomic E-state index is 6.79. The minimum atomic E-state index is -0.614. The minimum Gasteiger partial charge on any atom is -0.456 e. The van der Waals surface area contributed by atoms with Gasteiger partial charge in [-0.05, 0) is 128 Å². The van der Waals surface area contributed by atoms with Crippen LogP contribution in [0.4, 0.5) is 17.1 Å². The van der Waals surface area contributed by atoms with Crippen LogP contribution in [0.15, 0.2) is 168 Å². The van der Waals surface area contributed by atoms with E-state index in [2.05, 4.69) is 233 Å². The van der Waals surface area contributed by atoms with Crippen molar-refractivity contribution >= 4 is 51.3 Å². The molecule has 2 heteroatoms. The first-order valence-electron chi connectivity index (χ1n) is 23.4. The Balaban J connectivity index is 1.41. The van der Waals surface area contributed by atoms with Crippen LogP contribution in [0, 0.1) is 0 Å². The number of hydrogen-bond acceptors (Lipinski definition) is 2. The van der Waals surface area contributed by atoms with Crippen molar-refractivity contribution in [2.45, 2.75) is 97.3 Å². The second-order valence-corrected chi connectivity index (χ2v) is 20.8. The predicted octanol–water partition coefficient (Wildman–Crippen LogP) is 15.7. The fraction of sp³-hybridized carbons (Fsp3) is 0.238. The summed E-state index contributed by atoms with van der Waals surface area (Å²) in [6, 6.07) is 35.2. The smallest absolute Gasteiger partial charge is 0.137 e. The average molecular weight is 848 g/mol. The molecule has 5 aromatic carbocycles. The van der Waals surface area contributed by atoms with Gasteiger partial charge in [0.25, 0.3) is 0 Å². The SMILES string of the molecule is C=C/C=C1\C(=C/C)c2c(N(c3ccc4c5c(oc4c3)=CCC=CC=5)c3cc(C(C)(C)C)cc4c3-c3ccc(C(C)(C)C)cc3C43C(C=C)=C(/C=C\C)c4ccccc43)cccc2C1(C)C. The van der Waals surface area contributed by atoms with Crippen molar-refractivity contribution in [3.05, 3.63) is 219 Å². The molecule has 6 aromatic rings. The van der Waals surface area contributed by atoms with E-state index in [0.29, 0.717) is 0 Å². The van der Waals surface area contributed by atoms with E-state index in [-0.39, 0.29) is 16.2 Å². The van der Waals surface area contributed by atoms with E-state index in [1.54, 1.807) is 0 Å². The van der Waals surface area contributed by atoms with Gasteiger partial charge in [-0.25, -0.2) is 0 Å². The zero-order chi connectivity index (χ0) is 45.8. The van der Waals surface area contributed by atoms with Gasteiger partial charge in [0.15, 0.2) is 0 Å². The number of fused-ring (bicyclic) bond motifs is 11. The highest BCUT2D eigenvalue weighted by molar-refractivity contribution is 6.05. The summed E-state index contributed by atoms with van der Waals surface area (Å²) in [6.45, 7) is 31.9. The molecule has 0 fully saturated rings. The van der Waals surface area contributed by atoms with Crippen LogP contribution in [0.5, 0.6) is 0 Å². The molecule has 1 spiro atoms. The summed E-state index contributed by atoms with van der Waals surface area (Å²) in [6.07, 6.45) is 22.6. The fourth-order valence-electron chi connectivity index (χ4n) is 11.5. The Morgan fingerprint density at radius 3 is 2.20 bits per heavy atom. The Bertz CT molecular complexity index is 3330. The number of furan rings is 1. The topological polar surface area (TPSA) is 16.4 Å². The lowest BCUT2D eigenvalue weighted by Crippen LogP contribution is -2.28. The molecule has 0 aliphatic heterocycles. The number of hydrogen-bond donors (Lipinski definition) is 0. The first-order valence-corrected chi connectivity index (χ1v) is 23.4. The number of rotatable bonds is 6. The lowest BCUT2D eigenvalue weighted by Gasteiger charge is -2.35. The molecular formula is C63H61NO. The van der Waals surface area contributed by atoms with Gasteiger partial charge < -0.3 is 9.32 Å². The van der Waals surface area contributed by atoms with Gasteiger partial charge in [-0.15, -0.1) is 0 Å². The van der Waals surface area contributed by atoms with E-state index in [0.717, 1.165) is 45.1 Å². The molecule has 1 unspecified atom stereocenters. The molecule has 1 atom stereocenters. The van der Waals surface area contributed by atoms with Crippen molar-refractivity contribution in [1.29, 1.82) is 0 Å². The van der Waals surface area contributed by atoms with Gasteiger partial charge in [-0.3, -0.25) is 0 Å². The van der Waals surface area contributed by atoms with Gasteiger partial charge in [-0.1, -0.05) is 184 Å². The highest BCUT2D eigenvalue weighted by Crippen LogP contribution is 2.66. The molecule has 2 nitrogen and oxygen atoms in total. The molecule has 0 bridgehead atoms. The Kier molecular flexibility index (Phi) is 9.74. The Morgan fingerprint density at radius 2 is 1.48 bits per heavy atom. The molecule has 10 rings (SSSR count). The summed E-state index contributed by atoms with van der Waals surface area (Å²) >= 11 is 0. The van der Waals surface area contributed by atoms with E-state index < -0.39 is 5.41 Å². The molecule has 4 aliphatic carbocycles. The van der Waals surface area contributed by atoms with Crippen molar-refractivity contribution in [2.24, 2.45) is 0 Å². The number of nitrogens with zero attached hydrogens (tertiary/aromatic N) is 1. The van der Waals surface area contributed by atoms with Crippen LogP contribution < -0.4 is 15.5 Å². The minimum absolute atomic E-state index is 0.0724. The number of anilines is 3. The number of benzene rings is 5. The molecule has 324 valence electrons. The van der Waals surface area contributed by atoms with Crippen LogP contribution in [-0.4, -0.2) is 0 Å². The molecule has 65 heavy (non-hydrogen) atoms. The van der Waals surface area contributed by atoms with E-state index in [9.17, 15) is 0 Å². The zero-order valence-electron chi connectivity index (χ0n) is 39.9. The first-order chi connectivity index (χ1) is 31.1. The first kappa shape index (κ1) is 42.3. The third kappa shape index (κ3) is 6.06. The van der Waals surface area contributed by atoms with Gasteiger partial charge in [0.05, 0.1) is 16.8 Å². The van der Waals surface area contributed by atoms with Gasteiger partial charge in [-0.2, -0.15) is 0 Å². The monoisotopic (exact) mass is 847 g/mol. The number of allylic oxidation sites excluding steroid dienone is 12. The second-order valence-electron chi connectivity index (χ2n) is 20.8. The van der Waals surface area contributed by atoms with E-state index in [1.165, 1.54) is 77.9 Å². The van der Waals surface area contributed by atoms with Crippen molar-refractivity contribution in [2.75, 3.05) is 4.90 Å². The Labute approximate surface area is 386 Å². The van der Waals surface area contributed by atoms with Crippen LogP contribution >= 0.6 is 0 Å². The van der Waals surface area contributed by atoms with Gasteiger partial charge in [0, 0.05) is 38.9 Å². The third-order valence-corrected chi connectivity index (χ3v) is 14.6. The van der Waals surface area contributed by atoms with Gasteiger partial charge in [0.2, 0.25) is 0 Å². The van der Waals surface area contributed by atoms with E-state index in [4.69, 9.17) is 4.42 Å². The standard InChI is InChI=1S/C63H61NO/c1-13-23-43-44-25-20-21-27-50(44)63(48(43)16-4)52-35-39(60(5,6)7)31-33-47(52)59-53(63)36-40(61(8,9)10)37-55(59)64(41-32-34-46-45-26-18-17-19-30-56(45)65-57(46)38-41)54-29-22-28-51-58(54)42(15-3)49(24-14-2)62(51,11)12/h13-18,20-38H,2,4,19H2,1,3,5-12H3/b23-13-,42-15+,49-24+. The largest absolute Gasteiger partial charge is 0.456 e. The Hall–Kier alpha value is -6.64. The van der Waals surface area contributed by atoms with Crippen molar-refractivity contribution in [3.63, 3.8) is 0 Å². The maximum Gasteiger partial charge on any atom is 0.137 e. The highest BCUT2D eigenvalue weighted by Gasteiger charge is 2.54. The average Bonchev–Trinajstić information content (AvgIpc) is 3.87. The second kappa shape index (κ2) is 15.0. The lowest BCUT2D eigenvalue weighted by atomic mass is 9.68. The normalized spacial score (nSPS) is 19.3. The van der Waals surface area contributed by atoms with Crippen LogP contribution in [0.3, 0.4) is 0 Å². The zero-order valence-corrected chi connectivity index (χ0v) is 39.9. The molecule has 1 heterocycles. The van der Waals surface area contributed by atoms with Crippen LogP contribution in [-0.2, 0) is 21.7 Å². The van der Waals surface area contributed by atoms with Gasteiger partial charge in [0.1, 0.15) is 11.0 Å². The van der Waals surface area contributed by atoms with Crippen molar-refractivity contribution < 1.29 is 4.42 Å². The molecule has 1 aromatic heterocycles. The Morgan fingerprint density at radius 1 is 0.723 bits per heavy atom. The molecule has 0 saturated carbocycles. The molecule has 0 amide bonds. The molecule has 0 N–H and O–H groups in total. The summed E-state index contributed by atoms with van der Waals surface area (Å²) < 4.78 is 6.79. The molecular weight excluding hydrogens is 787 g/mol. The van der Waals surface area contributed by atoms with Crippen molar-refractivity contribution in [3.8, 4) is 11.1 Å². The maximum atomic E-state index is 6.79. The van der Waals surface area contributed by atoms with E-state index in [1.807, 2.05) is 6.08 Å². The van der Waals surface area contributed by atoms with E-state index >= 15 is 0 Å². The summed E-state index contributed by atoms with van der Waals surface area (Å²) in [5.74, 6) is 0. The summed E-state index contributed by atoms with van der Waals surface area (Å²) in [5.41, 5.74) is 21.7. The van der Waals surface area contributed by atoms with Crippen molar-refractivity contribution in [1.82, 2.24) is 0 Å². The predicted molar refractivity (Wildman–Crippen MR) is 279 cm³/mol. The highest BCUT2D eigenvalue weighted by atomic mass is 16.3. The summed E-state index contributed by atoms with van der Waals surface area (Å²) in [7, 11) is 0. The molecule has 0 saturated heterocycles. The lowest BCUT2D eigenvalue weighted by molar-refractivity contribution is 0.574. The molecule has 4 aliphatic rings. The van der Waals surface area contributed by atoms with Crippen LogP contribution in [0.2, 0.25) is 0 Å². The third-order valence-electron chi connectivity index (χ3n) is 14.6.